The number of amidine groups is 1. The number of piperazine rings is 1. The number of hydrogen-bond donors (Lipinski definition) is 2. The Hall–Kier alpha value is -1.54. The molecule has 8 heteroatoms. The first-order valence-electron chi connectivity index (χ1n) is 6.29. The van der Waals surface area contributed by atoms with E-state index in [4.69, 9.17) is 15.4 Å². The summed E-state index contributed by atoms with van der Waals surface area (Å²) in [5.74, 6) is 0.390. The zero-order chi connectivity index (χ0) is 14.7. The molecule has 110 valence electrons. The van der Waals surface area contributed by atoms with Crippen molar-refractivity contribution in [3.05, 3.63) is 22.6 Å². The highest BCUT2D eigenvalue weighted by molar-refractivity contribution is 9.10. The van der Waals surface area contributed by atoms with Crippen molar-refractivity contribution in [1.82, 2.24) is 9.80 Å². The van der Waals surface area contributed by atoms with Gasteiger partial charge in [0.2, 0.25) is 0 Å². The van der Waals surface area contributed by atoms with E-state index >= 15 is 0 Å². The van der Waals surface area contributed by atoms with Gasteiger partial charge in [-0.25, -0.2) is 0 Å². The molecule has 1 saturated heterocycles. The van der Waals surface area contributed by atoms with E-state index in [1.54, 1.807) is 17.0 Å². The van der Waals surface area contributed by atoms with Crippen LogP contribution < -0.4 is 5.73 Å². The van der Waals surface area contributed by atoms with Gasteiger partial charge in [-0.15, -0.1) is 0 Å². The molecule has 0 radical (unpaired) electrons. The van der Waals surface area contributed by atoms with E-state index in [1.165, 1.54) is 0 Å². The zero-order valence-corrected chi connectivity index (χ0v) is 12.7. The Labute approximate surface area is 125 Å². The third-order valence-corrected chi connectivity index (χ3v) is 3.90. The van der Waals surface area contributed by atoms with Gasteiger partial charge in [-0.3, -0.25) is 9.69 Å². The van der Waals surface area contributed by atoms with E-state index in [0.29, 0.717) is 36.6 Å². The SMILES string of the molecule is CC(C(N)=NO)N1CCN(C(=O)c2ccc(Br)o2)CC1. The van der Waals surface area contributed by atoms with Gasteiger partial charge in [0.15, 0.2) is 16.3 Å². The van der Waals surface area contributed by atoms with Crippen molar-refractivity contribution in [2.75, 3.05) is 26.2 Å². The molecule has 2 rings (SSSR count). The molecule has 0 aromatic carbocycles. The van der Waals surface area contributed by atoms with Crippen molar-refractivity contribution >= 4 is 27.7 Å². The normalized spacial score (nSPS) is 19.1. The monoisotopic (exact) mass is 344 g/mol. The van der Waals surface area contributed by atoms with Crippen molar-refractivity contribution in [2.24, 2.45) is 10.9 Å². The van der Waals surface area contributed by atoms with Gasteiger partial charge in [0.05, 0.1) is 6.04 Å². The second-order valence-corrected chi connectivity index (χ2v) is 5.41. The predicted octanol–water partition coefficient (Wildman–Crippen LogP) is 0.935. The molecule has 0 spiro atoms. The summed E-state index contributed by atoms with van der Waals surface area (Å²) in [5.41, 5.74) is 5.59. The van der Waals surface area contributed by atoms with Gasteiger partial charge < -0.3 is 20.3 Å². The fourth-order valence-electron chi connectivity index (χ4n) is 2.17. The molecule has 1 aromatic rings. The first-order chi connectivity index (χ1) is 9.52. The van der Waals surface area contributed by atoms with Crippen LogP contribution in [0.2, 0.25) is 0 Å². The highest BCUT2D eigenvalue weighted by atomic mass is 79.9. The van der Waals surface area contributed by atoms with Gasteiger partial charge in [0, 0.05) is 26.2 Å². The lowest BCUT2D eigenvalue weighted by atomic mass is 10.2. The minimum Gasteiger partial charge on any atom is -0.444 e. The molecule has 0 bridgehead atoms. The largest absolute Gasteiger partial charge is 0.444 e. The Bertz CT molecular complexity index is 509. The number of nitrogens with zero attached hydrogens (tertiary/aromatic N) is 3. The van der Waals surface area contributed by atoms with Crippen molar-refractivity contribution < 1.29 is 14.4 Å². The molecular formula is C12H17BrN4O3. The first-order valence-corrected chi connectivity index (χ1v) is 7.08. The summed E-state index contributed by atoms with van der Waals surface area (Å²) in [6, 6.07) is 3.21. The smallest absolute Gasteiger partial charge is 0.289 e. The molecule has 7 nitrogen and oxygen atoms in total. The standard InChI is InChI=1S/C12H17BrN4O3/c1-8(11(14)15-19)16-4-6-17(7-5-16)12(18)9-2-3-10(13)20-9/h2-3,8,19H,4-7H2,1H3,(H2,14,15). The van der Waals surface area contributed by atoms with Crippen LogP contribution in [0.25, 0.3) is 0 Å². The van der Waals surface area contributed by atoms with Crippen LogP contribution in [-0.4, -0.2) is 59.0 Å². The van der Waals surface area contributed by atoms with E-state index in [0.717, 1.165) is 0 Å². The second kappa shape index (κ2) is 6.27. The maximum Gasteiger partial charge on any atom is 0.289 e. The van der Waals surface area contributed by atoms with Crippen LogP contribution in [0.4, 0.5) is 0 Å². The van der Waals surface area contributed by atoms with Crippen LogP contribution in [0.5, 0.6) is 0 Å². The zero-order valence-electron chi connectivity index (χ0n) is 11.1. The van der Waals surface area contributed by atoms with Gasteiger partial charge in [0.1, 0.15) is 0 Å². The summed E-state index contributed by atoms with van der Waals surface area (Å²) in [6.45, 7) is 4.38. The minimum absolute atomic E-state index is 0.119. The summed E-state index contributed by atoms with van der Waals surface area (Å²) in [7, 11) is 0. The average Bonchev–Trinajstić information content (AvgIpc) is 2.91. The van der Waals surface area contributed by atoms with Gasteiger partial charge in [-0.05, 0) is 35.0 Å². The highest BCUT2D eigenvalue weighted by Crippen LogP contribution is 2.17. The van der Waals surface area contributed by atoms with Crippen molar-refractivity contribution in [1.29, 1.82) is 0 Å². The lowest BCUT2D eigenvalue weighted by Gasteiger charge is -2.37. The van der Waals surface area contributed by atoms with Gasteiger partial charge >= 0.3 is 0 Å². The van der Waals surface area contributed by atoms with Crippen LogP contribution in [0.1, 0.15) is 17.5 Å². The van der Waals surface area contributed by atoms with Gasteiger partial charge in [-0.1, -0.05) is 5.16 Å². The molecule has 3 N–H and O–H groups in total. The summed E-state index contributed by atoms with van der Waals surface area (Å²) in [6.07, 6.45) is 0. The number of hydrogen-bond acceptors (Lipinski definition) is 5. The maximum atomic E-state index is 12.2. The Morgan fingerprint density at radius 2 is 2.10 bits per heavy atom. The molecule has 0 saturated carbocycles. The summed E-state index contributed by atoms with van der Waals surface area (Å²) < 4.78 is 5.81. The topological polar surface area (TPSA) is 95.3 Å². The van der Waals surface area contributed by atoms with Crippen LogP contribution >= 0.6 is 15.9 Å². The lowest BCUT2D eigenvalue weighted by Crippen LogP contribution is -2.54. The molecule has 2 heterocycles. The number of halogens is 1. The van der Waals surface area contributed by atoms with Gasteiger partial charge in [-0.2, -0.15) is 0 Å². The third-order valence-electron chi connectivity index (χ3n) is 3.48. The number of furan rings is 1. The molecule has 1 fully saturated rings. The van der Waals surface area contributed by atoms with E-state index in [1.807, 2.05) is 6.92 Å². The quantitative estimate of drug-likeness (QED) is 0.368. The van der Waals surface area contributed by atoms with Crippen LogP contribution in [0.15, 0.2) is 26.4 Å². The molecule has 1 aliphatic rings. The Morgan fingerprint density at radius 1 is 1.45 bits per heavy atom. The molecule has 1 aliphatic heterocycles. The summed E-state index contributed by atoms with van der Waals surface area (Å²) in [4.78, 5) is 16.0. The Morgan fingerprint density at radius 3 is 2.60 bits per heavy atom. The van der Waals surface area contributed by atoms with E-state index in [-0.39, 0.29) is 17.8 Å². The first kappa shape index (κ1) is 14.9. The van der Waals surface area contributed by atoms with Crippen LogP contribution in [0, 0.1) is 0 Å². The minimum atomic E-state index is -0.144. The molecule has 1 unspecified atom stereocenters. The molecule has 1 atom stereocenters. The Balaban J connectivity index is 1.93. The van der Waals surface area contributed by atoms with Crippen molar-refractivity contribution in [3.63, 3.8) is 0 Å². The number of nitrogens with two attached hydrogens (primary N) is 1. The fourth-order valence-corrected chi connectivity index (χ4v) is 2.47. The second-order valence-electron chi connectivity index (χ2n) is 4.63. The molecular weight excluding hydrogens is 328 g/mol. The molecule has 1 aromatic heterocycles. The van der Waals surface area contributed by atoms with E-state index in [9.17, 15) is 4.79 Å². The molecule has 20 heavy (non-hydrogen) atoms. The number of rotatable bonds is 3. The summed E-state index contributed by atoms with van der Waals surface area (Å²) >= 11 is 3.18. The summed E-state index contributed by atoms with van der Waals surface area (Å²) in [5, 5.41) is 11.7. The fraction of sp³-hybridized carbons (Fsp3) is 0.500. The lowest BCUT2D eigenvalue weighted by molar-refractivity contribution is 0.0587. The maximum absolute atomic E-state index is 12.2. The molecule has 1 amide bonds. The van der Waals surface area contributed by atoms with E-state index < -0.39 is 0 Å². The molecule has 0 aliphatic carbocycles. The number of carbonyl (C=O) groups is 1. The number of amides is 1. The highest BCUT2D eigenvalue weighted by Gasteiger charge is 2.27. The van der Waals surface area contributed by atoms with Crippen LogP contribution in [0.3, 0.4) is 0 Å². The predicted molar refractivity (Wildman–Crippen MR) is 76.8 cm³/mol. The third kappa shape index (κ3) is 3.13. The van der Waals surface area contributed by atoms with Crippen LogP contribution in [-0.2, 0) is 0 Å². The number of carbonyl (C=O) groups excluding carboxylic acids is 1. The average molecular weight is 345 g/mol. The van der Waals surface area contributed by atoms with Crippen molar-refractivity contribution in [2.45, 2.75) is 13.0 Å². The van der Waals surface area contributed by atoms with Crippen molar-refractivity contribution in [3.8, 4) is 0 Å². The van der Waals surface area contributed by atoms with E-state index in [2.05, 4.69) is 26.0 Å². The number of oxime groups is 1. The Kier molecular flexibility index (Phi) is 4.66. The van der Waals surface area contributed by atoms with Gasteiger partial charge in [0.25, 0.3) is 5.91 Å².